The third kappa shape index (κ3) is 9.52. The minimum Gasteiger partial charge on any atom is -0.445 e. The summed E-state index contributed by atoms with van der Waals surface area (Å²) in [5.74, 6) is 0.372. The Morgan fingerprint density at radius 1 is 0.953 bits per heavy atom. The van der Waals surface area contributed by atoms with Crippen molar-refractivity contribution in [2.45, 2.75) is 65.3 Å². The van der Waals surface area contributed by atoms with Crippen LogP contribution in [-0.2, 0) is 4.79 Å². The maximum absolute atomic E-state index is 12.9. The predicted molar refractivity (Wildman–Crippen MR) is 172 cm³/mol. The molecule has 0 aliphatic carbocycles. The average molecular weight is 607 g/mol. The van der Waals surface area contributed by atoms with E-state index in [4.69, 9.17) is 4.74 Å². The highest BCUT2D eigenvalue weighted by molar-refractivity contribution is 7.17. The number of carbonyl (C=O) groups is 3. The van der Waals surface area contributed by atoms with E-state index in [0.717, 1.165) is 38.2 Å². The number of likely N-dealkylation sites (tertiary alicyclic amines) is 1. The average Bonchev–Trinajstić information content (AvgIpc) is 3.47. The maximum Gasteiger partial charge on any atom is 0.319 e. The van der Waals surface area contributed by atoms with Crippen LogP contribution in [0.25, 0.3) is 0 Å². The van der Waals surface area contributed by atoms with Crippen LogP contribution in [0, 0.1) is 0 Å². The molecule has 0 unspecified atom stereocenters. The molecule has 43 heavy (non-hydrogen) atoms. The molecule has 0 spiro atoms. The first-order chi connectivity index (χ1) is 20.9. The van der Waals surface area contributed by atoms with Crippen LogP contribution in [0.5, 0.6) is 10.8 Å². The van der Waals surface area contributed by atoms with Crippen LogP contribution in [0.2, 0.25) is 0 Å². The molecular formula is C32H42N6O4S. The summed E-state index contributed by atoms with van der Waals surface area (Å²) in [5, 5.41) is 9.49. The van der Waals surface area contributed by atoms with Gasteiger partial charge in [-0.25, -0.2) is 9.78 Å². The second-order valence-electron chi connectivity index (χ2n) is 10.5. The Hall–Kier alpha value is -3.96. The maximum atomic E-state index is 12.9. The molecule has 2 aromatic carbocycles. The van der Waals surface area contributed by atoms with Crippen LogP contribution < -0.4 is 25.6 Å². The van der Waals surface area contributed by atoms with Crippen LogP contribution in [0.4, 0.5) is 21.3 Å². The van der Waals surface area contributed by atoms with Crippen molar-refractivity contribution in [3.63, 3.8) is 0 Å². The van der Waals surface area contributed by atoms with E-state index < -0.39 is 0 Å². The Morgan fingerprint density at radius 2 is 1.65 bits per heavy atom. The van der Waals surface area contributed by atoms with Crippen molar-refractivity contribution in [2.75, 3.05) is 41.7 Å². The van der Waals surface area contributed by atoms with Crippen molar-refractivity contribution in [1.29, 1.82) is 0 Å². The van der Waals surface area contributed by atoms with Crippen LogP contribution in [0.15, 0.2) is 54.7 Å². The topological polar surface area (TPSA) is 116 Å². The van der Waals surface area contributed by atoms with Crippen molar-refractivity contribution in [3.8, 4) is 10.8 Å². The van der Waals surface area contributed by atoms with Gasteiger partial charge in [-0.05, 0) is 94.2 Å². The normalized spacial score (nSPS) is 13.4. The molecule has 3 N–H and O–H groups in total. The van der Waals surface area contributed by atoms with Crippen LogP contribution in [0.1, 0.15) is 69.7 Å². The van der Waals surface area contributed by atoms with Gasteiger partial charge >= 0.3 is 6.03 Å². The summed E-state index contributed by atoms with van der Waals surface area (Å²) in [6.45, 7) is 9.53. The van der Waals surface area contributed by atoms with E-state index in [0.29, 0.717) is 40.2 Å². The van der Waals surface area contributed by atoms with Gasteiger partial charge < -0.3 is 25.2 Å². The first kappa shape index (κ1) is 32.0. The molecule has 4 rings (SSSR count). The summed E-state index contributed by atoms with van der Waals surface area (Å²) in [4.78, 5) is 46.3. The van der Waals surface area contributed by atoms with Crippen LogP contribution in [-0.4, -0.2) is 60.0 Å². The van der Waals surface area contributed by atoms with E-state index >= 15 is 0 Å². The zero-order valence-corrected chi connectivity index (χ0v) is 26.0. The lowest BCUT2D eigenvalue weighted by Crippen LogP contribution is -2.37. The molecule has 1 aliphatic rings. The van der Waals surface area contributed by atoms with Gasteiger partial charge in [0.2, 0.25) is 11.0 Å². The molecule has 1 aliphatic heterocycles. The summed E-state index contributed by atoms with van der Waals surface area (Å²) in [6, 6.07) is 14.0. The highest BCUT2D eigenvalue weighted by Gasteiger charge is 2.18. The quantitative estimate of drug-likeness (QED) is 0.199. The molecule has 2 heterocycles. The number of rotatable bonds is 13. The van der Waals surface area contributed by atoms with Crippen molar-refractivity contribution in [2.24, 2.45) is 0 Å². The summed E-state index contributed by atoms with van der Waals surface area (Å²) in [6.07, 6.45) is 7.47. The van der Waals surface area contributed by atoms with Crippen molar-refractivity contribution in [3.05, 3.63) is 60.3 Å². The summed E-state index contributed by atoms with van der Waals surface area (Å²) < 4.78 is 5.88. The Kier molecular flexibility index (Phi) is 11.9. The number of benzene rings is 2. The first-order valence-electron chi connectivity index (χ1n) is 15.1. The van der Waals surface area contributed by atoms with Gasteiger partial charge in [-0.2, -0.15) is 0 Å². The van der Waals surface area contributed by atoms with E-state index in [1.54, 1.807) is 47.5 Å². The summed E-state index contributed by atoms with van der Waals surface area (Å²) >= 11 is 1.21. The molecule has 0 saturated carbocycles. The van der Waals surface area contributed by atoms with Crippen molar-refractivity contribution >= 4 is 45.7 Å². The number of aromatic nitrogens is 1. The molecule has 3 aromatic rings. The molecule has 0 bridgehead atoms. The molecule has 1 saturated heterocycles. The summed E-state index contributed by atoms with van der Waals surface area (Å²) in [7, 11) is 0. The van der Waals surface area contributed by atoms with E-state index in [9.17, 15) is 14.4 Å². The number of hydrogen-bond acceptors (Lipinski definition) is 7. The second kappa shape index (κ2) is 16.0. The van der Waals surface area contributed by atoms with Gasteiger partial charge in [0.05, 0.1) is 6.20 Å². The minimum atomic E-state index is -0.297. The molecule has 0 radical (unpaired) electrons. The predicted octanol–water partition coefficient (Wildman–Crippen LogP) is 6.73. The largest absolute Gasteiger partial charge is 0.445 e. The molecule has 1 aromatic heterocycles. The number of carbonyl (C=O) groups excluding carboxylic acids is 3. The molecule has 11 heteroatoms. The number of urea groups is 1. The SMILES string of the molecule is CCC(CC)NC(=O)Nc1ccc(Oc2cnc(NC(=O)c3ccc(N(CC)C(=O)CCN4CCCCC4)cc3)s2)cc1. The van der Waals surface area contributed by atoms with Gasteiger partial charge in [0.25, 0.3) is 5.91 Å². The van der Waals surface area contributed by atoms with Gasteiger partial charge in [-0.15, -0.1) is 0 Å². The zero-order valence-electron chi connectivity index (χ0n) is 25.2. The molecule has 1 fully saturated rings. The van der Waals surface area contributed by atoms with Gasteiger partial charge in [0.1, 0.15) is 5.75 Å². The number of thiazole rings is 1. The highest BCUT2D eigenvalue weighted by atomic mass is 32.1. The fourth-order valence-corrected chi connectivity index (χ4v) is 5.65. The smallest absolute Gasteiger partial charge is 0.319 e. The molecular weight excluding hydrogens is 564 g/mol. The molecule has 0 atom stereocenters. The van der Waals surface area contributed by atoms with E-state index in [1.807, 2.05) is 32.9 Å². The summed E-state index contributed by atoms with van der Waals surface area (Å²) in [5.41, 5.74) is 1.90. The number of hydrogen-bond donors (Lipinski definition) is 3. The first-order valence-corrected chi connectivity index (χ1v) is 16.0. The monoisotopic (exact) mass is 606 g/mol. The lowest BCUT2D eigenvalue weighted by Gasteiger charge is -2.27. The zero-order chi connectivity index (χ0) is 30.6. The van der Waals surface area contributed by atoms with Crippen LogP contribution in [0.3, 0.4) is 0 Å². The Balaban J connectivity index is 1.26. The van der Waals surface area contributed by atoms with Gasteiger partial charge in [-0.3, -0.25) is 14.9 Å². The second-order valence-corrected chi connectivity index (χ2v) is 11.5. The number of anilines is 3. The minimum absolute atomic E-state index is 0.0917. The number of piperidine rings is 1. The lowest BCUT2D eigenvalue weighted by molar-refractivity contribution is -0.119. The molecule has 4 amide bonds. The van der Waals surface area contributed by atoms with Gasteiger partial charge in [0.15, 0.2) is 5.13 Å². The molecule has 230 valence electrons. The van der Waals surface area contributed by atoms with E-state index in [-0.39, 0.29) is 23.9 Å². The van der Waals surface area contributed by atoms with Crippen LogP contribution >= 0.6 is 11.3 Å². The van der Waals surface area contributed by atoms with Gasteiger partial charge in [0, 0.05) is 42.5 Å². The Bertz CT molecular complexity index is 1330. The van der Waals surface area contributed by atoms with E-state index in [2.05, 4.69) is 25.8 Å². The fourth-order valence-electron chi connectivity index (χ4n) is 4.97. The van der Waals surface area contributed by atoms with Gasteiger partial charge in [-0.1, -0.05) is 31.6 Å². The Labute approximate surface area is 257 Å². The number of amides is 4. The molecule has 10 nitrogen and oxygen atoms in total. The number of nitrogens with one attached hydrogen (secondary N) is 3. The number of nitrogens with zero attached hydrogens (tertiary/aromatic N) is 3. The standard InChI is InChI=1S/C32H42N6O4S/c1-4-24(5-2)34-31(41)35-25-12-16-27(17-13-25)42-29-22-33-32(43-29)36-30(40)23-10-14-26(15-11-23)38(6-3)28(39)18-21-37-19-8-7-9-20-37/h10-17,22,24H,4-9,18-21H2,1-3H3,(H,33,36,40)(H2,34,35,41). The highest BCUT2D eigenvalue weighted by Crippen LogP contribution is 2.31. The van der Waals surface area contributed by atoms with Crippen molar-refractivity contribution < 1.29 is 19.1 Å². The third-order valence-electron chi connectivity index (χ3n) is 7.51. The Morgan fingerprint density at radius 3 is 2.30 bits per heavy atom. The fraction of sp³-hybridized carbons (Fsp3) is 0.438. The van der Waals surface area contributed by atoms with E-state index in [1.165, 1.54) is 30.6 Å². The lowest BCUT2D eigenvalue weighted by atomic mass is 10.1. The van der Waals surface area contributed by atoms with Crippen molar-refractivity contribution in [1.82, 2.24) is 15.2 Å². The third-order valence-corrected chi connectivity index (χ3v) is 8.30. The number of ether oxygens (including phenoxy) is 1.